The third kappa shape index (κ3) is 3.47. The Bertz CT molecular complexity index is 688. The summed E-state index contributed by atoms with van der Waals surface area (Å²) in [5.74, 6) is -0.406. The first-order valence-electron chi connectivity index (χ1n) is 8.03. The fourth-order valence-corrected chi connectivity index (χ4v) is 2.98. The zero-order chi connectivity index (χ0) is 16.2. The van der Waals surface area contributed by atoms with Crippen molar-refractivity contribution in [2.45, 2.75) is 25.8 Å². The molecule has 1 aromatic carbocycles. The van der Waals surface area contributed by atoms with Crippen LogP contribution in [-0.4, -0.2) is 28.5 Å². The van der Waals surface area contributed by atoms with Crippen molar-refractivity contribution in [2.24, 2.45) is 12.8 Å². The van der Waals surface area contributed by atoms with Gasteiger partial charge in [-0.3, -0.25) is 4.79 Å². The highest BCUT2D eigenvalue weighted by Crippen LogP contribution is 2.26. The molecule has 0 saturated carbocycles. The van der Waals surface area contributed by atoms with E-state index in [2.05, 4.69) is 21.3 Å². The van der Waals surface area contributed by atoms with Crippen molar-refractivity contribution in [3.8, 4) is 0 Å². The molecule has 2 aromatic rings. The lowest BCUT2D eigenvalue weighted by Gasteiger charge is -2.29. The molecule has 122 valence electrons. The largest absolute Gasteiger partial charge is 0.379 e. The summed E-state index contributed by atoms with van der Waals surface area (Å²) in [6, 6.07) is 5.91. The van der Waals surface area contributed by atoms with Crippen LogP contribution < -0.4 is 16.0 Å². The molecular formula is C17H23N5O. The van der Waals surface area contributed by atoms with E-state index in [1.54, 1.807) is 12.5 Å². The highest BCUT2D eigenvalue weighted by molar-refractivity contribution is 5.99. The Labute approximate surface area is 136 Å². The van der Waals surface area contributed by atoms with Crippen LogP contribution >= 0.6 is 0 Å². The maximum Gasteiger partial charge on any atom is 0.250 e. The molecule has 0 spiro atoms. The van der Waals surface area contributed by atoms with Gasteiger partial charge < -0.3 is 20.5 Å². The zero-order valence-electron chi connectivity index (χ0n) is 13.5. The molecule has 1 aliphatic rings. The number of rotatable bonds is 5. The fraction of sp³-hybridized carbons (Fsp3) is 0.412. The van der Waals surface area contributed by atoms with Gasteiger partial charge >= 0.3 is 0 Å². The normalized spacial score (nSPS) is 14.7. The number of piperidine rings is 1. The zero-order valence-corrected chi connectivity index (χ0v) is 13.5. The number of hydrogen-bond donors (Lipinski definition) is 2. The molecule has 3 rings (SSSR count). The number of aryl methyl sites for hydroxylation is 1. The maximum absolute atomic E-state index is 11.8. The summed E-state index contributed by atoms with van der Waals surface area (Å²) in [5.41, 5.74) is 8.99. The molecule has 0 atom stereocenters. The van der Waals surface area contributed by atoms with E-state index in [1.807, 2.05) is 23.7 Å². The molecular weight excluding hydrogens is 290 g/mol. The van der Waals surface area contributed by atoms with Gasteiger partial charge in [0.25, 0.3) is 5.91 Å². The van der Waals surface area contributed by atoms with E-state index in [-0.39, 0.29) is 0 Å². The van der Waals surface area contributed by atoms with Gasteiger partial charge in [-0.25, -0.2) is 4.98 Å². The Morgan fingerprint density at radius 3 is 2.74 bits per heavy atom. The average Bonchev–Trinajstić information content (AvgIpc) is 2.98. The van der Waals surface area contributed by atoms with Crippen molar-refractivity contribution in [1.29, 1.82) is 0 Å². The molecule has 2 heterocycles. The van der Waals surface area contributed by atoms with Crippen LogP contribution in [0.3, 0.4) is 0 Å². The number of nitrogens with zero attached hydrogens (tertiary/aromatic N) is 3. The molecule has 0 unspecified atom stereocenters. The van der Waals surface area contributed by atoms with Gasteiger partial charge in [0, 0.05) is 37.7 Å². The molecule has 1 aromatic heterocycles. The second kappa shape index (κ2) is 6.73. The van der Waals surface area contributed by atoms with Crippen LogP contribution in [-0.2, 0) is 13.6 Å². The Kier molecular flexibility index (Phi) is 4.50. The summed E-state index contributed by atoms with van der Waals surface area (Å²) in [5, 5.41) is 3.29. The van der Waals surface area contributed by atoms with Gasteiger partial charge in [-0.2, -0.15) is 0 Å². The van der Waals surface area contributed by atoms with Crippen LogP contribution in [0, 0.1) is 0 Å². The second-order valence-electron chi connectivity index (χ2n) is 5.99. The monoisotopic (exact) mass is 313 g/mol. The first-order valence-corrected chi connectivity index (χ1v) is 8.03. The molecule has 1 aliphatic heterocycles. The first-order chi connectivity index (χ1) is 11.1. The lowest BCUT2D eigenvalue weighted by atomic mass is 10.1. The first kappa shape index (κ1) is 15.4. The van der Waals surface area contributed by atoms with Gasteiger partial charge in [-0.15, -0.1) is 0 Å². The summed E-state index contributed by atoms with van der Waals surface area (Å²) in [7, 11) is 1.94. The molecule has 23 heavy (non-hydrogen) atoms. The Morgan fingerprint density at radius 2 is 2.09 bits per heavy atom. The van der Waals surface area contributed by atoms with Crippen LogP contribution in [0.15, 0.2) is 30.7 Å². The topological polar surface area (TPSA) is 76.2 Å². The van der Waals surface area contributed by atoms with Crippen molar-refractivity contribution in [3.63, 3.8) is 0 Å². The number of benzene rings is 1. The van der Waals surface area contributed by atoms with E-state index >= 15 is 0 Å². The van der Waals surface area contributed by atoms with Gasteiger partial charge in [-0.1, -0.05) is 0 Å². The maximum atomic E-state index is 11.8. The lowest BCUT2D eigenvalue weighted by molar-refractivity contribution is 0.100. The van der Waals surface area contributed by atoms with E-state index in [0.717, 1.165) is 30.2 Å². The minimum atomic E-state index is -0.406. The van der Waals surface area contributed by atoms with Gasteiger partial charge in [0.05, 0.1) is 24.1 Å². The van der Waals surface area contributed by atoms with E-state index in [0.29, 0.717) is 12.1 Å². The number of carbonyl (C=O) groups excluding carboxylic acids is 1. The van der Waals surface area contributed by atoms with Crippen LogP contribution in [0.2, 0.25) is 0 Å². The summed E-state index contributed by atoms with van der Waals surface area (Å²) in [6.45, 7) is 2.68. The van der Waals surface area contributed by atoms with E-state index in [9.17, 15) is 4.79 Å². The minimum Gasteiger partial charge on any atom is -0.379 e. The third-order valence-corrected chi connectivity index (χ3v) is 4.37. The molecule has 3 N–H and O–H groups in total. The second-order valence-corrected chi connectivity index (χ2v) is 5.99. The summed E-state index contributed by atoms with van der Waals surface area (Å²) in [4.78, 5) is 18.2. The number of aromatic nitrogens is 2. The number of imidazole rings is 1. The van der Waals surface area contributed by atoms with Crippen molar-refractivity contribution < 1.29 is 4.79 Å². The molecule has 0 bridgehead atoms. The van der Waals surface area contributed by atoms with Crippen LogP contribution in [0.4, 0.5) is 11.4 Å². The molecule has 1 saturated heterocycles. The Hall–Kier alpha value is -2.50. The van der Waals surface area contributed by atoms with E-state index in [4.69, 9.17) is 5.73 Å². The van der Waals surface area contributed by atoms with Crippen molar-refractivity contribution in [3.05, 3.63) is 42.0 Å². The molecule has 0 aliphatic carbocycles. The quantitative estimate of drug-likeness (QED) is 0.886. The molecule has 1 amide bonds. The molecule has 1 fully saturated rings. The number of hydrogen-bond acceptors (Lipinski definition) is 4. The third-order valence-electron chi connectivity index (χ3n) is 4.37. The van der Waals surface area contributed by atoms with E-state index < -0.39 is 5.91 Å². The number of primary amides is 1. The van der Waals surface area contributed by atoms with Crippen molar-refractivity contribution >= 4 is 17.3 Å². The molecule has 6 heteroatoms. The smallest absolute Gasteiger partial charge is 0.250 e. The van der Waals surface area contributed by atoms with Gasteiger partial charge in [0.15, 0.2) is 0 Å². The van der Waals surface area contributed by atoms with Crippen LogP contribution in [0.5, 0.6) is 0 Å². The minimum absolute atomic E-state index is 0.406. The van der Waals surface area contributed by atoms with Gasteiger partial charge in [0.2, 0.25) is 0 Å². The Morgan fingerprint density at radius 1 is 1.30 bits per heavy atom. The van der Waals surface area contributed by atoms with Crippen LogP contribution in [0.25, 0.3) is 0 Å². The number of anilines is 2. The van der Waals surface area contributed by atoms with Crippen molar-refractivity contribution in [1.82, 2.24) is 9.55 Å². The number of carbonyl (C=O) groups is 1. The lowest BCUT2D eigenvalue weighted by Crippen LogP contribution is -2.29. The highest BCUT2D eigenvalue weighted by Gasteiger charge is 2.15. The summed E-state index contributed by atoms with van der Waals surface area (Å²) < 4.78 is 1.94. The van der Waals surface area contributed by atoms with Crippen LogP contribution in [0.1, 0.15) is 35.3 Å². The summed E-state index contributed by atoms with van der Waals surface area (Å²) in [6.07, 6.45) is 7.24. The predicted octanol–water partition coefficient (Wildman–Crippen LogP) is 2.12. The number of amides is 1. The average molecular weight is 313 g/mol. The predicted molar refractivity (Wildman–Crippen MR) is 91.6 cm³/mol. The fourth-order valence-electron chi connectivity index (χ4n) is 2.98. The molecule has 0 radical (unpaired) electrons. The van der Waals surface area contributed by atoms with E-state index in [1.165, 1.54) is 19.3 Å². The number of nitrogens with one attached hydrogen (secondary N) is 1. The van der Waals surface area contributed by atoms with Crippen molar-refractivity contribution in [2.75, 3.05) is 23.3 Å². The molecule has 6 nitrogen and oxygen atoms in total. The Balaban J connectivity index is 1.79. The highest BCUT2D eigenvalue weighted by atomic mass is 16.1. The number of nitrogens with two attached hydrogens (primary N) is 1. The van der Waals surface area contributed by atoms with Gasteiger partial charge in [0.1, 0.15) is 0 Å². The SMILES string of the molecule is Cn1cncc1CNc1ccc(N2CCCCC2)cc1C(N)=O. The van der Waals surface area contributed by atoms with Gasteiger partial charge in [-0.05, 0) is 37.5 Å². The summed E-state index contributed by atoms with van der Waals surface area (Å²) >= 11 is 0. The standard InChI is InChI=1S/C17H23N5O/c1-21-12-19-10-14(21)11-20-16-6-5-13(9-15(16)17(18)23)22-7-3-2-4-8-22/h5-6,9-10,12,20H,2-4,7-8,11H2,1H3,(H2,18,23).